The molecule has 122 valence electrons. The summed E-state index contributed by atoms with van der Waals surface area (Å²) in [4.78, 5) is 27.0. The highest BCUT2D eigenvalue weighted by Gasteiger charge is 2.30. The molecule has 21 heavy (non-hydrogen) atoms. The third-order valence-electron chi connectivity index (χ3n) is 3.64. The Morgan fingerprint density at radius 2 is 1.76 bits per heavy atom. The van der Waals surface area contributed by atoms with Crippen molar-refractivity contribution in [1.29, 1.82) is 0 Å². The number of aliphatic carboxylic acids is 1. The minimum absolute atomic E-state index is 0.0392. The Morgan fingerprint density at radius 1 is 1.24 bits per heavy atom. The van der Waals surface area contributed by atoms with Crippen molar-refractivity contribution in [3.63, 3.8) is 0 Å². The zero-order chi connectivity index (χ0) is 16.2. The standard InChI is InChI=1S/C15H28N2O4/c1-11-8-16(9-12(2)21-11)13(18)10-17(15(3,4)5)7-6-14(19)20/h11-12H,6-10H2,1-5H3,(H,19,20). The smallest absolute Gasteiger partial charge is 0.304 e. The Morgan fingerprint density at radius 3 is 2.19 bits per heavy atom. The Kier molecular flexibility index (Phi) is 6.16. The number of nitrogens with zero attached hydrogens (tertiary/aromatic N) is 2. The van der Waals surface area contributed by atoms with Crippen molar-refractivity contribution in [2.45, 2.75) is 58.8 Å². The van der Waals surface area contributed by atoms with Crippen molar-refractivity contribution in [3.05, 3.63) is 0 Å². The molecule has 0 aromatic carbocycles. The Balaban J connectivity index is 2.64. The lowest BCUT2D eigenvalue weighted by Gasteiger charge is -2.39. The molecule has 0 bridgehead atoms. The average molecular weight is 300 g/mol. The quantitative estimate of drug-likeness (QED) is 0.826. The van der Waals surface area contributed by atoms with Crippen LogP contribution in [0.3, 0.4) is 0 Å². The predicted molar refractivity (Wildman–Crippen MR) is 80.2 cm³/mol. The molecule has 2 atom stereocenters. The molecule has 1 saturated heterocycles. The van der Waals surface area contributed by atoms with Crippen molar-refractivity contribution in [3.8, 4) is 0 Å². The number of carbonyl (C=O) groups is 2. The van der Waals surface area contributed by atoms with Crippen LogP contribution >= 0.6 is 0 Å². The van der Waals surface area contributed by atoms with E-state index in [1.807, 2.05) is 44.4 Å². The summed E-state index contributed by atoms with van der Waals surface area (Å²) in [6, 6.07) is 0. The maximum atomic E-state index is 12.5. The van der Waals surface area contributed by atoms with Gasteiger partial charge < -0.3 is 14.7 Å². The number of carboxylic acid groups (broad SMARTS) is 1. The number of hydrogen-bond acceptors (Lipinski definition) is 4. The number of ether oxygens (including phenoxy) is 1. The lowest BCUT2D eigenvalue weighted by molar-refractivity contribution is -0.146. The van der Waals surface area contributed by atoms with Gasteiger partial charge in [0.05, 0.1) is 25.2 Å². The molecular weight excluding hydrogens is 272 g/mol. The highest BCUT2D eigenvalue weighted by atomic mass is 16.5. The van der Waals surface area contributed by atoms with Gasteiger partial charge in [0.15, 0.2) is 0 Å². The minimum Gasteiger partial charge on any atom is -0.481 e. The van der Waals surface area contributed by atoms with Crippen LogP contribution in [0.15, 0.2) is 0 Å². The van der Waals surface area contributed by atoms with Crippen LogP contribution in [0, 0.1) is 0 Å². The predicted octanol–water partition coefficient (Wildman–Crippen LogP) is 1.20. The van der Waals surface area contributed by atoms with Gasteiger partial charge in [0, 0.05) is 25.2 Å². The van der Waals surface area contributed by atoms with E-state index in [0.29, 0.717) is 19.6 Å². The van der Waals surface area contributed by atoms with Gasteiger partial charge in [0.1, 0.15) is 0 Å². The largest absolute Gasteiger partial charge is 0.481 e. The fourth-order valence-electron chi connectivity index (χ4n) is 2.53. The van der Waals surface area contributed by atoms with E-state index in [9.17, 15) is 9.59 Å². The number of carboxylic acids is 1. The van der Waals surface area contributed by atoms with Crippen molar-refractivity contribution in [1.82, 2.24) is 9.80 Å². The second kappa shape index (κ2) is 7.22. The van der Waals surface area contributed by atoms with E-state index >= 15 is 0 Å². The van der Waals surface area contributed by atoms with Gasteiger partial charge in [0.2, 0.25) is 5.91 Å². The highest BCUT2D eigenvalue weighted by molar-refractivity contribution is 5.78. The fraction of sp³-hybridized carbons (Fsp3) is 0.867. The molecule has 0 aromatic heterocycles. The SMILES string of the molecule is CC1CN(C(=O)CN(CCC(=O)O)C(C)(C)C)CC(C)O1. The van der Waals surface area contributed by atoms with E-state index in [-0.39, 0.29) is 36.6 Å². The summed E-state index contributed by atoms with van der Waals surface area (Å²) in [6.07, 6.45) is 0.125. The number of hydrogen-bond donors (Lipinski definition) is 1. The van der Waals surface area contributed by atoms with E-state index in [4.69, 9.17) is 9.84 Å². The number of amides is 1. The van der Waals surface area contributed by atoms with E-state index < -0.39 is 5.97 Å². The molecule has 1 aliphatic heterocycles. The molecule has 0 saturated carbocycles. The molecule has 6 nitrogen and oxygen atoms in total. The first kappa shape index (κ1) is 17.9. The Bertz CT molecular complexity index is 368. The minimum atomic E-state index is -0.842. The van der Waals surface area contributed by atoms with Crippen LogP contribution < -0.4 is 0 Å². The molecule has 1 fully saturated rings. The zero-order valence-electron chi connectivity index (χ0n) is 13.8. The van der Waals surface area contributed by atoms with Crippen molar-refractivity contribution >= 4 is 11.9 Å². The Hall–Kier alpha value is -1.14. The van der Waals surface area contributed by atoms with Gasteiger partial charge in [-0.15, -0.1) is 0 Å². The van der Waals surface area contributed by atoms with Gasteiger partial charge >= 0.3 is 5.97 Å². The fourth-order valence-corrected chi connectivity index (χ4v) is 2.53. The van der Waals surface area contributed by atoms with Crippen molar-refractivity contribution in [2.75, 3.05) is 26.2 Å². The van der Waals surface area contributed by atoms with E-state index in [1.165, 1.54) is 0 Å². The molecule has 1 aliphatic rings. The van der Waals surface area contributed by atoms with Crippen LogP contribution in [0.4, 0.5) is 0 Å². The number of carbonyl (C=O) groups excluding carboxylic acids is 1. The van der Waals surface area contributed by atoms with Gasteiger partial charge in [-0.2, -0.15) is 0 Å². The molecule has 0 aromatic rings. The molecular formula is C15H28N2O4. The topological polar surface area (TPSA) is 70.1 Å². The summed E-state index contributed by atoms with van der Waals surface area (Å²) in [5, 5.41) is 8.84. The maximum absolute atomic E-state index is 12.5. The highest BCUT2D eigenvalue weighted by Crippen LogP contribution is 2.16. The third kappa shape index (κ3) is 6.01. The van der Waals surface area contributed by atoms with E-state index in [0.717, 1.165) is 0 Å². The van der Waals surface area contributed by atoms with Crippen molar-refractivity contribution in [2.24, 2.45) is 0 Å². The van der Waals surface area contributed by atoms with Gasteiger partial charge in [-0.3, -0.25) is 14.5 Å². The maximum Gasteiger partial charge on any atom is 0.304 e. The molecule has 0 spiro atoms. The van der Waals surface area contributed by atoms with Crippen molar-refractivity contribution < 1.29 is 19.4 Å². The summed E-state index contributed by atoms with van der Waals surface area (Å²) in [6.45, 7) is 11.7. The van der Waals surface area contributed by atoms with Crippen LogP contribution in [0.25, 0.3) is 0 Å². The van der Waals surface area contributed by atoms with Crippen LogP contribution in [0.5, 0.6) is 0 Å². The van der Waals surface area contributed by atoms with Crippen LogP contribution in [0.1, 0.15) is 41.0 Å². The normalized spacial score (nSPS) is 23.4. The van der Waals surface area contributed by atoms with Crippen LogP contribution in [0.2, 0.25) is 0 Å². The van der Waals surface area contributed by atoms with Gasteiger partial charge in [-0.1, -0.05) is 0 Å². The molecule has 1 amide bonds. The lowest BCUT2D eigenvalue weighted by Crippen LogP contribution is -2.53. The second-order valence-corrected chi connectivity index (χ2v) is 6.79. The summed E-state index contributed by atoms with van der Waals surface area (Å²) < 4.78 is 5.63. The number of rotatable bonds is 5. The average Bonchev–Trinajstić information content (AvgIpc) is 2.31. The van der Waals surface area contributed by atoms with E-state index in [1.54, 1.807) is 0 Å². The molecule has 1 rings (SSSR count). The summed E-state index contributed by atoms with van der Waals surface area (Å²) in [7, 11) is 0. The molecule has 1 N–H and O–H groups in total. The zero-order valence-corrected chi connectivity index (χ0v) is 13.8. The summed E-state index contributed by atoms with van der Waals surface area (Å²) >= 11 is 0. The van der Waals surface area contributed by atoms with Gasteiger partial charge in [0.25, 0.3) is 0 Å². The molecule has 1 heterocycles. The van der Waals surface area contributed by atoms with Gasteiger partial charge in [-0.25, -0.2) is 0 Å². The van der Waals surface area contributed by atoms with Crippen LogP contribution in [-0.4, -0.2) is 70.7 Å². The van der Waals surface area contributed by atoms with Crippen LogP contribution in [-0.2, 0) is 14.3 Å². The first-order valence-corrected chi connectivity index (χ1v) is 7.49. The first-order valence-electron chi connectivity index (χ1n) is 7.49. The summed E-state index contributed by atoms with van der Waals surface area (Å²) in [5.41, 5.74) is -0.241. The first-order chi connectivity index (χ1) is 9.59. The molecule has 0 aliphatic carbocycles. The Labute approximate surface area is 127 Å². The van der Waals surface area contributed by atoms with E-state index in [2.05, 4.69) is 0 Å². The second-order valence-electron chi connectivity index (χ2n) is 6.79. The third-order valence-corrected chi connectivity index (χ3v) is 3.64. The van der Waals surface area contributed by atoms with Gasteiger partial charge in [-0.05, 0) is 34.6 Å². The lowest BCUT2D eigenvalue weighted by atomic mass is 10.1. The summed E-state index contributed by atoms with van der Waals surface area (Å²) in [5.74, 6) is -0.803. The molecule has 0 radical (unpaired) electrons. The molecule has 6 heteroatoms. The number of morpholine rings is 1. The molecule has 2 unspecified atom stereocenters. The monoisotopic (exact) mass is 300 g/mol.